The molecule has 3 nitrogen and oxygen atoms in total. The van der Waals surface area contributed by atoms with Gasteiger partial charge in [-0.1, -0.05) is 36.7 Å². The fourth-order valence-corrected chi connectivity index (χ4v) is 2.98. The van der Waals surface area contributed by atoms with E-state index in [4.69, 9.17) is 11.6 Å². The maximum Gasteiger partial charge on any atom is 0.227 e. The summed E-state index contributed by atoms with van der Waals surface area (Å²) in [7, 11) is 0. The van der Waals surface area contributed by atoms with Gasteiger partial charge in [0.1, 0.15) is 0 Å². The van der Waals surface area contributed by atoms with Crippen LogP contribution in [0, 0.1) is 0 Å². The van der Waals surface area contributed by atoms with Crippen molar-refractivity contribution in [1.82, 2.24) is 10.2 Å². The normalized spacial score (nSPS) is 15.3. The minimum absolute atomic E-state index is 0. The molecular weight excluding hydrogens is 307 g/mol. The highest BCUT2D eigenvalue weighted by atomic mass is 35.5. The Morgan fingerprint density at radius 3 is 2.62 bits per heavy atom. The summed E-state index contributed by atoms with van der Waals surface area (Å²) in [6.45, 7) is 4.97. The van der Waals surface area contributed by atoms with Crippen LogP contribution >= 0.6 is 24.0 Å². The monoisotopic (exact) mass is 330 g/mol. The Kier molecular flexibility index (Phi) is 8.09. The van der Waals surface area contributed by atoms with Gasteiger partial charge in [-0.05, 0) is 44.0 Å². The van der Waals surface area contributed by atoms with Gasteiger partial charge in [-0.2, -0.15) is 0 Å². The van der Waals surface area contributed by atoms with Crippen LogP contribution in [0.2, 0.25) is 5.02 Å². The lowest BCUT2D eigenvalue weighted by Crippen LogP contribution is -2.47. The first kappa shape index (κ1) is 18.3. The van der Waals surface area contributed by atoms with Crippen molar-refractivity contribution in [2.45, 2.75) is 38.6 Å². The SMILES string of the molecule is CCCN(C(=O)Cc1ccccc1Cl)C1CCNCC1.Cl. The van der Waals surface area contributed by atoms with Gasteiger partial charge < -0.3 is 10.2 Å². The van der Waals surface area contributed by atoms with Gasteiger partial charge in [0.15, 0.2) is 0 Å². The van der Waals surface area contributed by atoms with Crippen LogP contribution in [-0.4, -0.2) is 36.5 Å². The second-order valence-corrected chi connectivity index (χ2v) is 5.74. The van der Waals surface area contributed by atoms with E-state index in [1.165, 1.54) is 0 Å². The van der Waals surface area contributed by atoms with E-state index in [1.54, 1.807) is 0 Å². The molecule has 0 aliphatic carbocycles. The summed E-state index contributed by atoms with van der Waals surface area (Å²) in [5, 5.41) is 4.03. The van der Waals surface area contributed by atoms with E-state index >= 15 is 0 Å². The van der Waals surface area contributed by atoms with Gasteiger partial charge >= 0.3 is 0 Å². The topological polar surface area (TPSA) is 32.3 Å². The van der Waals surface area contributed by atoms with Crippen LogP contribution in [0.5, 0.6) is 0 Å². The number of amides is 1. The molecule has 1 amide bonds. The predicted octanol–water partition coefficient (Wildman–Crippen LogP) is 3.29. The van der Waals surface area contributed by atoms with Crippen molar-refractivity contribution >= 4 is 29.9 Å². The molecule has 0 saturated carbocycles. The summed E-state index contributed by atoms with van der Waals surface area (Å²) < 4.78 is 0. The molecule has 1 aromatic rings. The number of carbonyl (C=O) groups excluding carboxylic acids is 1. The summed E-state index contributed by atoms with van der Waals surface area (Å²) in [5.74, 6) is 0.201. The number of carbonyl (C=O) groups is 1. The molecule has 2 rings (SSSR count). The molecule has 1 heterocycles. The van der Waals surface area contributed by atoms with Gasteiger partial charge in [0.05, 0.1) is 6.42 Å². The summed E-state index contributed by atoms with van der Waals surface area (Å²) in [6, 6.07) is 7.99. The quantitative estimate of drug-likeness (QED) is 0.898. The number of rotatable bonds is 5. The highest BCUT2D eigenvalue weighted by Gasteiger charge is 2.24. The molecule has 1 aliphatic heterocycles. The van der Waals surface area contributed by atoms with E-state index in [2.05, 4.69) is 17.1 Å². The molecular formula is C16H24Cl2N2O. The molecule has 1 fully saturated rings. The summed E-state index contributed by atoms with van der Waals surface area (Å²) in [5.41, 5.74) is 0.925. The zero-order valence-corrected chi connectivity index (χ0v) is 14.1. The number of nitrogens with zero attached hydrogens (tertiary/aromatic N) is 1. The number of hydrogen-bond donors (Lipinski definition) is 1. The number of piperidine rings is 1. The average molecular weight is 331 g/mol. The van der Waals surface area contributed by atoms with Crippen molar-refractivity contribution in [2.24, 2.45) is 0 Å². The lowest BCUT2D eigenvalue weighted by atomic mass is 10.0. The molecule has 1 saturated heterocycles. The molecule has 1 aromatic carbocycles. The molecule has 1 aliphatic rings. The predicted molar refractivity (Wildman–Crippen MR) is 90.3 cm³/mol. The largest absolute Gasteiger partial charge is 0.339 e. The maximum absolute atomic E-state index is 12.6. The summed E-state index contributed by atoms with van der Waals surface area (Å²) in [6.07, 6.45) is 3.50. The highest BCUT2D eigenvalue weighted by Crippen LogP contribution is 2.19. The van der Waals surface area contributed by atoms with E-state index in [0.717, 1.165) is 44.5 Å². The third-order valence-electron chi connectivity index (χ3n) is 3.83. The molecule has 21 heavy (non-hydrogen) atoms. The van der Waals surface area contributed by atoms with E-state index < -0.39 is 0 Å². The molecule has 0 bridgehead atoms. The van der Waals surface area contributed by atoms with Crippen molar-refractivity contribution in [3.05, 3.63) is 34.9 Å². The molecule has 1 N–H and O–H groups in total. The number of halogens is 2. The molecule has 118 valence electrons. The van der Waals surface area contributed by atoms with Gasteiger partial charge in [-0.3, -0.25) is 4.79 Å². The molecule has 0 radical (unpaired) electrons. The van der Waals surface area contributed by atoms with E-state index in [0.29, 0.717) is 17.5 Å². The minimum atomic E-state index is 0. The second-order valence-electron chi connectivity index (χ2n) is 5.34. The van der Waals surface area contributed by atoms with Crippen LogP contribution in [-0.2, 0) is 11.2 Å². The molecule has 5 heteroatoms. The third-order valence-corrected chi connectivity index (χ3v) is 4.20. The van der Waals surface area contributed by atoms with Crippen molar-refractivity contribution in [3.63, 3.8) is 0 Å². The fourth-order valence-electron chi connectivity index (χ4n) is 2.78. The Balaban J connectivity index is 0.00000220. The Bertz CT molecular complexity index is 448. The lowest BCUT2D eigenvalue weighted by Gasteiger charge is -2.34. The Labute approximate surface area is 138 Å². The lowest BCUT2D eigenvalue weighted by molar-refractivity contribution is -0.133. The van der Waals surface area contributed by atoms with Crippen molar-refractivity contribution in [2.75, 3.05) is 19.6 Å². The zero-order valence-electron chi connectivity index (χ0n) is 12.5. The Morgan fingerprint density at radius 2 is 2.00 bits per heavy atom. The number of nitrogens with one attached hydrogen (secondary N) is 1. The van der Waals surface area contributed by atoms with Crippen molar-refractivity contribution in [3.8, 4) is 0 Å². The first-order chi connectivity index (χ1) is 9.72. The first-order valence-electron chi connectivity index (χ1n) is 7.46. The van der Waals surface area contributed by atoms with Crippen molar-refractivity contribution < 1.29 is 4.79 Å². The standard InChI is InChI=1S/C16H23ClN2O.ClH/c1-2-11-19(14-7-9-18-10-8-14)16(20)12-13-5-3-4-6-15(13)17;/h3-6,14,18H,2,7-12H2,1H3;1H. The minimum Gasteiger partial charge on any atom is -0.339 e. The van der Waals surface area contributed by atoms with Gasteiger partial charge in [-0.25, -0.2) is 0 Å². The van der Waals surface area contributed by atoms with Crippen LogP contribution in [0.15, 0.2) is 24.3 Å². The Morgan fingerprint density at radius 1 is 1.33 bits per heavy atom. The van der Waals surface area contributed by atoms with Gasteiger partial charge in [0.2, 0.25) is 5.91 Å². The maximum atomic E-state index is 12.6. The molecule has 0 atom stereocenters. The summed E-state index contributed by atoms with van der Waals surface area (Å²) >= 11 is 6.16. The van der Waals surface area contributed by atoms with Gasteiger partial charge in [0, 0.05) is 17.6 Å². The van der Waals surface area contributed by atoms with Gasteiger partial charge in [-0.15, -0.1) is 12.4 Å². The van der Waals surface area contributed by atoms with Crippen LogP contribution in [0.3, 0.4) is 0 Å². The average Bonchev–Trinajstić information content (AvgIpc) is 2.48. The number of benzene rings is 1. The van der Waals surface area contributed by atoms with Crippen molar-refractivity contribution in [1.29, 1.82) is 0 Å². The van der Waals surface area contributed by atoms with Crippen LogP contribution in [0.25, 0.3) is 0 Å². The molecule has 0 unspecified atom stereocenters. The zero-order chi connectivity index (χ0) is 14.4. The van der Waals surface area contributed by atoms with E-state index in [1.807, 2.05) is 24.3 Å². The third kappa shape index (κ3) is 5.17. The van der Waals surface area contributed by atoms with Crippen LogP contribution in [0.1, 0.15) is 31.7 Å². The van der Waals surface area contributed by atoms with Crippen LogP contribution in [0.4, 0.5) is 0 Å². The summed E-state index contributed by atoms with van der Waals surface area (Å²) in [4.78, 5) is 14.7. The highest BCUT2D eigenvalue weighted by molar-refractivity contribution is 6.31. The molecule has 0 spiro atoms. The fraction of sp³-hybridized carbons (Fsp3) is 0.562. The van der Waals surface area contributed by atoms with Crippen LogP contribution < -0.4 is 5.32 Å². The number of hydrogen-bond acceptors (Lipinski definition) is 2. The smallest absolute Gasteiger partial charge is 0.227 e. The second kappa shape index (κ2) is 9.29. The van der Waals surface area contributed by atoms with Gasteiger partial charge in [0.25, 0.3) is 0 Å². The first-order valence-corrected chi connectivity index (χ1v) is 7.83. The van der Waals surface area contributed by atoms with E-state index in [-0.39, 0.29) is 18.3 Å². The van der Waals surface area contributed by atoms with E-state index in [9.17, 15) is 4.79 Å². The molecule has 0 aromatic heterocycles. The Hall–Kier alpha value is -0.770.